The van der Waals surface area contributed by atoms with E-state index in [1.165, 1.54) is 0 Å². The van der Waals surface area contributed by atoms with Gasteiger partial charge in [-0.25, -0.2) is 0 Å². The summed E-state index contributed by atoms with van der Waals surface area (Å²) >= 11 is 5.90. The van der Waals surface area contributed by atoms with Crippen LogP contribution in [0.5, 0.6) is 0 Å². The third kappa shape index (κ3) is 4.59. The number of carbonyl (C=O) groups is 1. The van der Waals surface area contributed by atoms with Gasteiger partial charge in [-0.1, -0.05) is 44.0 Å². The fraction of sp³-hybridized carbons (Fsp3) is 0.562. The summed E-state index contributed by atoms with van der Waals surface area (Å²) in [6, 6.07) is 7.04. The van der Waals surface area contributed by atoms with Crippen molar-refractivity contribution in [3.8, 4) is 0 Å². The molecule has 1 heterocycles. The van der Waals surface area contributed by atoms with Crippen LogP contribution in [0, 0.1) is 5.92 Å². The molecule has 1 saturated heterocycles. The van der Waals surface area contributed by atoms with Crippen molar-refractivity contribution in [1.82, 2.24) is 5.32 Å². The lowest BCUT2D eigenvalue weighted by molar-refractivity contribution is -0.124. The molecule has 4 nitrogen and oxygen atoms in total. The Morgan fingerprint density at radius 3 is 2.68 bits per heavy atom. The Morgan fingerprint density at radius 1 is 1.45 bits per heavy atom. The molecule has 3 N–H and O–H groups in total. The van der Waals surface area contributed by atoms with Gasteiger partial charge in [-0.05, 0) is 30.0 Å². The van der Waals surface area contributed by atoms with Crippen molar-refractivity contribution in [1.29, 1.82) is 0 Å². The van der Waals surface area contributed by atoms with E-state index in [1.807, 2.05) is 38.1 Å². The number of hydrogen-bond acceptors (Lipinski definition) is 3. The van der Waals surface area contributed by atoms with Crippen molar-refractivity contribution >= 4 is 29.9 Å². The largest absolute Gasteiger partial charge is 0.371 e. The molecule has 4 atom stereocenters. The molecule has 1 aromatic carbocycles. The Balaban J connectivity index is 0.00000242. The molecular weight excluding hydrogens is 323 g/mol. The van der Waals surface area contributed by atoms with Crippen LogP contribution in [0.25, 0.3) is 0 Å². The number of ether oxygens (including phenoxy) is 1. The molecule has 1 aromatic rings. The third-order valence-corrected chi connectivity index (χ3v) is 4.43. The van der Waals surface area contributed by atoms with Crippen molar-refractivity contribution < 1.29 is 9.53 Å². The van der Waals surface area contributed by atoms with Crippen molar-refractivity contribution in [2.45, 2.75) is 44.9 Å². The lowest BCUT2D eigenvalue weighted by Crippen LogP contribution is -2.49. The highest BCUT2D eigenvalue weighted by molar-refractivity contribution is 6.30. The highest BCUT2D eigenvalue weighted by atomic mass is 35.5. The minimum absolute atomic E-state index is 0. The summed E-state index contributed by atoms with van der Waals surface area (Å²) in [5.41, 5.74) is 7.01. The van der Waals surface area contributed by atoms with Gasteiger partial charge in [0.1, 0.15) is 6.10 Å². The summed E-state index contributed by atoms with van der Waals surface area (Å²) in [5, 5.41) is 3.73. The first-order chi connectivity index (χ1) is 10.0. The quantitative estimate of drug-likeness (QED) is 0.860. The molecule has 2 rings (SSSR count). The second-order valence-corrected chi connectivity index (χ2v) is 6.09. The number of rotatable bonds is 5. The van der Waals surface area contributed by atoms with E-state index in [1.54, 1.807) is 0 Å². The topological polar surface area (TPSA) is 64.4 Å². The van der Waals surface area contributed by atoms with E-state index >= 15 is 0 Å². The van der Waals surface area contributed by atoms with Crippen molar-refractivity contribution in [3.63, 3.8) is 0 Å². The van der Waals surface area contributed by atoms with Crippen LogP contribution in [0.2, 0.25) is 5.02 Å². The fourth-order valence-electron chi connectivity index (χ4n) is 2.51. The molecule has 22 heavy (non-hydrogen) atoms. The third-order valence-electron chi connectivity index (χ3n) is 4.18. The molecule has 1 fully saturated rings. The van der Waals surface area contributed by atoms with E-state index in [4.69, 9.17) is 22.1 Å². The second-order valence-electron chi connectivity index (χ2n) is 5.66. The monoisotopic (exact) mass is 346 g/mol. The average Bonchev–Trinajstić information content (AvgIpc) is 2.94. The fourth-order valence-corrected chi connectivity index (χ4v) is 2.64. The van der Waals surface area contributed by atoms with Gasteiger partial charge in [0, 0.05) is 11.6 Å². The minimum atomic E-state index is -0.471. The van der Waals surface area contributed by atoms with Crippen molar-refractivity contribution in [2.24, 2.45) is 11.7 Å². The number of benzene rings is 1. The van der Waals surface area contributed by atoms with E-state index in [0.29, 0.717) is 11.6 Å². The van der Waals surface area contributed by atoms with Crippen molar-refractivity contribution in [2.75, 3.05) is 6.61 Å². The van der Waals surface area contributed by atoms with Gasteiger partial charge in [0.05, 0.1) is 12.1 Å². The SMILES string of the molecule is CCC(C)C(N)C(=O)NC1CCOC1c1ccc(Cl)cc1.Cl. The van der Waals surface area contributed by atoms with Crippen LogP contribution in [0.4, 0.5) is 0 Å². The Labute approximate surface area is 143 Å². The highest BCUT2D eigenvalue weighted by Gasteiger charge is 2.32. The maximum absolute atomic E-state index is 12.2. The van der Waals surface area contributed by atoms with Gasteiger partial charge in [-0.15, -0.1) is 12.4 Å². The summed E-state index contributed by atoms with van der Waals surface area (Å²) in [7, 11) is 0. The number of amides is 1. The Hall–Kier alpha value is -0.810. The molecule has 0 aromatic heterocycles. The van der Waals surface area contributed by atoms with Crippen LogP contribution >= 0.6 is 24.0 Å². The van der Waals surface area contributed by atoms with Crippen LogP contribution < -0.4 is 11.1 Å². The Bertz CT molecular complexity index is 482. The molecule has 0 saturated carbocycles. The van der Waals surface area contributed by atoms with E-state index in [9.17, 15) is 4.79 Å². The second kappa shape index (κ2) is 8.73. The molecule has 124 valence electrons. The molecule has 0 radical (unpaired) electrons. The molecule has 0 spiro atoms. The van der Waals surface area contributed by atoms with E-state index < -0.39 is 6.04 Å². The Morgan fingerprint density at radius 2 is 2.09 bits per heavy atom. The summed E-state index contributed by atoms with van der Waals surface area (Å²) in [5.74, 6) is 0.0696. The van der Waals surface area contributed by atoms with Gasteiger partial charge < -0.3 is 15.8 Å². The minimum Gasteiger partial charge on any atom is -0.371 e. The summed E-state index contributed by atoms with van der Waals surface area (Å²) in [6.45, 7) is 4.66. The zero-order chi connectivity index (χ0) is 15.4. The van der Waals surface area contributed by atoms with E-state index in [-0.39, 0.29) is 36.4 Å². The lowest BCUT2D eigenvalue weighted by Gasteiger charge is -2.24. The van der Waals surface area contributed by atoms with Crippen LogP contribution in [0.3, 0.4) is 0 Å². The normalized spacial score (nSPS) is 23.5. The number of nitrogens with one attached hydrogen (secondary N) is 1. The van der Waals surface area contributed by atoms with Gasteiger partial charge in [0.15, 0.2) is 0 Å². The smallest absolute Gasteiger partial charge is 0.237 e. The van der Waals surface area contributed by atoms with Crippen LogP contribution in [-0.4, -0.2) is 24.6 Å². The van der Waals surface area contributed by atoms with Crippen LogP contribution in [-0.2, 0) is 9.53 Å². The highest BCUT2D eigenvalue weighted by Crippen LogP contribution is 2.30. The van der Waals surface area contributed by atoms with E-state index in [2.05, 4.69) is 5.32 Å². The summed E-state index contributed by atoms with van der Waals surface area (Å²) in [4.78, 5) is 12.2. The predicted octanol–water partition coefficient (Wildman–Crippen LogP) is 3.08. The predicted molar refractivity (Wildman–Crippen MR) is 91.4 cm³/mol. The maximum atomic E-state index is 12.2. The molecule has 1 amide bonds. The van der Waals surface area contributed by atoms with Gasteiger partial charge >= 0.3 is 0 Å². The van der Waals surface area contributed by atoms with Crippen LogP contribution in [0.1, 0.15) is 38.4 Å². The molecule has 0 bridgehead atoms. The zero-order valence-electron chi connectivity index (χ0n) is 12.9. The average molecular weight is 347 g/mol. The van der Waals surface area contributed by atoms with Gasteiger partial charge in [0.25, 0.3) is 0 Å². The zero-order valence-corrected chi connectivity index (χ0v) is 14.5. The first-order valence-corrected chi connectivity index (χ1v) is 7.83. The van der Waals surface area contributed by atoms with Gasteiger partial charge in [-0.2, -0.15) is 0 Å². The number of hydrogen-bond donors (Lipinski definition) is 2. The number of halogens is 2. The molecule has 6 heteroatoms. The van der Waals surface area contributed by atoms with Gasteiger partial charge in [0.2, 0.25) is 5.91 Å². The Kier molecular flexibility index (Phi) is 7.63. The van der Waals surface area contributed by atoms with Crippen molar-refractivity contribution in [3.05, 3.63) is 34.9 Å². The lowest BCUT2D eigenvalue weighted by atomic mass is 9.97. The number of carbonyl (C=O) groups excluding carboxylic acids is 1. The van der Waals surface area contributed by atoms with E-state index in [0.717, 1.165) is 18.4 Å². The first kappa shape index (κ1) is 19.2. The molecule has 0 aliphatic carbocycles. The summed E-state index contributed by atoms with van der Waals surface area (Å²) in [6.07, 6.45) is 1.55. The maximum Gasteiger partial charge on any atom is 0.237 e. The standard InChI is InChI=1S/C16H23ClN2O2.ClH/c1-3-10(2)14(18)16(20)19-13-8-9-21-15(13)11-4-6-12(17)7-5-11;/h4-7,10,13-15H,3,8-9,18H2,1-2H3,(H,19,20);1H. The molecule has 4 unspecified atom stereocenters. The van der Waals surface area contributed by atoms with Crippen LogP contribution in [0.15, 0.2) is 24.3 Å². The molecule has 1 aliphatic heterocycles. The summed E-state index contributed by atoms with van der Waals surface area (Å²) < 4.78 is 5.76. The molecular formula is C16H24Cl2N2O2. The van der Waals surface area contributed by atoms with Gasteiger partial charge in [-0.3, -0.25) is 4.79 Å². The first-order valence-electron chi connectivity index (χ1n) is 7.46. The molecule has 1 aliphatic rings. The number of nitrogens with two attached hydrogens (primary N) is 1.